The van der Waals surface area contributed by atoms with E-state index in [-0.39, 0.29) is 0 Å². The predicted molar refractivity (Wildman–Crippen MR) is 75.6 cm³/mol. The number of pyridine rings is 1. The number of hydrogen-bond donors (Lipinski definition) is 1. The smallest absolute Gasteiger partial charge is 0.213 e. The Morgan fingerprint density at radius 3 is 2.67 bits per heavy atom. The normalized spacial score (nSPS) is 10.4. The summed E-state index contributed by atoms with van der Waals surface area (Å²) < 4.78 is 6.63. The van der Waals surface area contributed by atoms with Crippen molar-refractivity contribution in [2.75, 3.05) is 0 Å². The maximum absolute atomic E-state index is 5.93. The van der Waals surface area contributed by atoms with Crippen LogP contribution in [0.25, 0.3) is 0 Å². The zero-order valence-electron chi connectivity index (χ0n) is 9.57. The summed E-state index contributed by atoms with van der Waals surface area (Å²) in [5, 5.41) is 0.563. The first-order chi connectivity index (χ1) is 8.69. The summed E-state index contributed by atoms with van der Waals surface area (Å²) in [5.74, 6) is 0.530. The van der Waals surface area contributed by atoms with Crippen LogP contribution in [0.5, 0.6) is 5.88 Å². The molecule has 94 valence electrons. The quantitative estimate of drug-likeness (QED) is 0.934. The molecule has 0 atom stereocenters. The van der Waals surface area contributed by atoms with E-state index in [0.29, 0.717) is 24.1 Å². The van der Waals surface area contributed by atoms with Gasteiger partial charge in [0.2, 0.25) is 5.88 Å². The molecule has 5 heteroatoms. The van der Waals surface area contributed by atoms with Gasteiger partial charge in [0, 0.05) is 23.3 Å². The van der Waals surface area contributed by atoms with Crippen LogP contribution in [-0.2, 0) is 13.2 Å². The minimum atomic E-state index is 0.371. The molecule has 1 heterocycles. The molecule has 1 aromatic carbocycles. The van der Waals surface area contributed by atoms with Gasteiger partial charge in [-0.15, -0.1) is 0 Å². The van der Waals surface area contributed by atoms with Crippen molar-refractivity contribution in [2.45, 2.75) is 13.2 Å². The molecule has 2 aromatic rings. The van der Waals surface area contributed by atoms with Gasteiger partial charge in [-0.1, -0.05) is 39.7 Å². The highest BCUT2D eigenvalue weighted by Gasteiger charge is 2.03. The molecule has 0 radical (unpaired) electrons. The molecule has 0 aliphatic rings. The van der Waals surface area contributed by atoms with E-state index >= 15 is 0 Å². The summed E-state index contributed by atoms with van der Waals surface area (Å²) in [6.07, 6.45) is 1.56. The highest BCUT2D eigenvalue weighted by Crippen LogP contribution is 2.19. The van der Waals surface area contributed by atoms with Crippen LogP contribution < -0.4 is 10.5 Å². The predicted octanol–water partition coefficient (Wildman–Crippen LogP) is 3.54. The Labute approximate surface area is 119 Å². The summed E-state index contributed by atoms with van der Waals surface area (Å²) in [6.45, 7) is 0.835. The molecule has 2 rings (SSSR count). The number of nitrogens with zero attached hydrogens (tertiary/aromatic N) is 1. The molecular weight excluding hydrogens is 316 g/mol. The Kier molecular flexibility index (Phi) is 4.58. The summed E-state index contributed by atoms with van der Waals surface area (Å²) in [5.41, 5.74) is 7.47. The van der Waals surface area contributed by atoms with Crippen molar-refractivity contribution < 1.29 is 4.74 Å². The van der Waals surface area contributed by atoms with Crippen molar-refractivity contribution in [1.29, 1.82) is 0 Å². The van der Waals surface area contributed by atoms with Crippen molar-refractivity contribution in [3.05, 3.63) is 57.2 Å². The van der Waals surface area contributed by atoms with Gasteiger partial charge in [0.05, 0.1) is 5.02 Å². The maximum atomic E-state index is 5.93. The molecule has 0 aliphatic carbocycles. The van der Waals surface area contributed by atoms with E-state index in [1.807, 2.05) is 24.3 Å². The Hall–Kier alpha value is -1.10. The fraction of sp³-hybridized carbons (Fsp3) is 0.154. The van der Waals surface area contributed by atoms with E-state index in [2.05, 4.69) is 20.9 Å². The zero-order valence-corrected chi connectivity index (χ0v) is 11.9. The number of benzene rings is 1. The van der Waals surface area contributed by atoms with Crippen molar-refractivity contribution in [1.82, 2.24) is 4.98 Å². The molecule has 3 nitrogen and oxygen atoms in total. The molecular formula is C13H12BrClN2O. The van der Waals surface area contributed by atoms with Crippen LogP contribution in [0, 0.1) is 0 Å². The molecule has 2 N–H and O–H groups in total. The zero-order chi connectivity index (χ0) is 13.0. The van der Waals surface area contributed by atoms with Gasteiger partial charge in [-0.2, -0.15) is 0 Å². The molecule has 0 bridgehead atoms. The van der Waals surface area contributed by atoms with Gasteiger partial charge in [-0.3, -0.25) is 0 Å². The Morgan fingerprint density at radius 1 is 1.28 bits per heavy atom. The first kappa shape index (κ1) is 13.3. The molecule has 0 saturated carbocycles. The SMILES string of the molecule is NCc1cc(OCc2ccc(Br)cc2)ncc1Cl. The van der Waals surface area contributed by atoms with Crippen LogP contribution in [0.2, 0.25) is 5.02 Å². The minimum Gasteiger partial charge on any atom is -0.473 e. The van der Waals surface area contributed by atoms with Crippen molar-refractivity contribution >= 4 is 27.5 Å². The first-order valence-corrected chi connectivity index (χ1v) is 6.58. The van der Waals surface area contributed by atoms with Crippen LogP contribution in [0.4, 0.5) is 0 Å². The van der Waals surface area contributed by atoms with E-state index < -0.39 is 0 Å². The third-order valence-corrected chi connectivity index (χ3v) is 3.30. The molecule has 0 amide bonds. The standard InChI is InChI=1S/C13H12BrClN2O/c14-11-3-1-9(2-4-11)8-18-13-5-10(6-16)12(15)7-17-13/h1-5,7H,6,8,16H2. The van der Waals surface area contributed by atoms with E-state index in [1.165, 1.54) is 0 Å². The fourth-order valence-corrected chi connectivity index (χ4v) is 1.88. The second-order valence-corrected chi connectivity index (χ2v) is 5.06. The monoisotopic (exact) mass is 326 g/mol. The number of nitrogens with two attached hydrogens (primary N) is 1. The van der Waals surface area contributed by atoms with Gasteiger partial charge in [0.15, 0.2) is 0 Å². The lowest BCUT2D eigenvalue weighted by Crippen LogP contribution is -2.01. The number of hydrogen-bond acceptors (Lipinski definition) is 3. The lowest BCUT2D eigenvalue weighted by molar-refractivity contribution is 0.293. The second kappa shape index (κ2) is 6.18. The number of halogens is 2. The topological polar surface area (TPSA) is 48.1 Å². The van der Waals surface area contributed by atoms with E-state index in [0.717, 1.165) is 15.6 Å². The van der Waals surface area contributed by atoms with Gasteiger partial charge in [-0.25, -0.2) is 4.98 Å². The summed E-state index contributed by atoms with van der Waals surface area (Å²) in [6, 6.07) is 9.69. The van der Waals surface area contributed by atoms with E-state index in [9.17, 15) is 0 Å². The maximum Gasteiger partial charge on any atom is 0.213 e. The van der Waals surface area contributed by atoms with Crippen molar-refractivity contribution in [2.24, 2.45) is 5.73 Å². The minimum absolute atomic E-state index is 0.371. The lowest BCUT2D eigenvalue weighted by Gasteiger charge is -2.07. The largest absolute Gasteiger partial charge is 0.473 e. The summed E-state index contributed by atoms with van der Waals surface area (Å²) in [7, 11) is 0. The van der Waals surface area contributed by atoms with Gasteiger partial charge >= 0.3 is 0 Å². The molecule has 0 saturated heterocycles. The van der Waals surface area contributed by atoms with Gasteiger partial charge in [-0.05, 0) is 23.3 Å². The van der Waals surface area contributed by atoms with Crippen LogP contribution in [-0.4, -0.2) is 4.98 Å². The number of ether oxygens (including phenoxy) is 1. The van der Waals surface area contributed by atoms with Gasteiger partial charge in [0.25, 0.3) is 0 Å². The third kappa shape index (κ3) is 3.45. The average molecular weight is 328 g/mol. The molecule has 0 spiro atoms. The van der Waals surface area contributed by atoms with Crippen molar-refractivity contribution in [3.63, 3.8) is 0 Å². The molecule has 0 aliphatic heterocycles. The number of rotatable bonds is 4. The van der Waals surface area contributed by atoms with E-state index in [1.54, 1.807) is 12.3 Å². The first-order valence-electron chi connectivity index (χ1n) is 5.41. The third-order valence-electron chi connectivity index (χ3n) is 2.43. The van der Waals surface area contributed by atoms with Gasteiger partial charge in [0.1, 0.15) is 6.61 Å². The Morgan fingerprint density at radius 2 is 2.00 bits per heavy atom. The van der Waals surface area contributed by atoms with Crippen molar-refractivity contribution in [3.8, 4) is 5.88 Å². The van der Waals surface area contributed by atoms with Gasteiger partial charge < -0.3 is 10.5 Å². The molecule has 0 fully saturated rings. The van der Waals surface area contributed by atoms with Crippen LogP contribution >= 0.6 is 27.5 Å². The highest BCUT2D eigenvalue weighted by atomic mass is 79.9. The summed E-state index contributed by atoms with van der Waals surface area (Å²) >= 11 is 9.31. The molecule has 1 aromatic heterocycles. The fourth-order valence-electron chi connectivity index (χ4n) is 1.43. The average Bonchev–Trinajstić information content (AvgIpc) is 2.39. The second-order valence-electron chi connectivity index (χ2n) is 3.73. The number of aromatic nitrogens is 1. The van der Waals surface area contributed by atoms with Crippen LogP contribution in [0.3, 0.4) is 0 Å². The van der Waals surface area contributed by atoms with Crippen LogP contribution in [0.15, 0.2) is 41.0 Å². The summed E-state index contributed by atoms with van der Waals surface area (Å²) in [4.78, 5) is 4.10. The Bertz CT molecular complexity index is 531. The van der Waals surface area contributed by atoms with Crippen LogP contribution in [0.1, 0.15) is 11.1 Å². The molecule has 18 heavy (non-hydrogen) atoms. The van der Waals surface area contributed by atoms with E-state index in [4.69, 9.17) is 22.1 Å². The molecule has 0 unspecified atom stereocenters. The highest BCUT2D eigenvalue weighted by molar-refractivity contribution is 9.10. The Balaban J connectivity index is 2.04. The lowest BCUT2D eigenvalue weighted by atomic mass is 10.2.